The van der Waals surface area contributed by atoms with Gasteiger partial charge in [0.2, 0.25) is 0 Å². The topological polar surface area (TPSA) is 3.24 Å². The molecule has 0 bridgehead atoms. The van der Waals surface area contributed by atoms with Gasteiger partial charge in [-0.15, -0.1) is 0 Å². The maximum absolute atomic E-state index is 13.0. The zero-order valence-corrected chi connectivity index (χ0v) is 8.22. The van der Waals surface area contributed by atoms with Gasteiger partial charge in [0.1, 0.15) is 5.82 Å². The molecule has 0 N–H and O–H groups in total. The van der Waals surface area contributed by atoms with Crippen molar-refractivity contribution in [1.29, 1.82) is 0 Å². The first-order valence-electron chi connectivity index (χ1n) is 5.01. The Kier molecular flexibility index (Phi) is 2.84. The van der Waals surface area contributed by atoms with Gasteiger partial charge >= 0.3 is 0 Å². The summed E-state index contributed by atoms with van der Waals surface area (Å²) in [4.78, 5) is 1.82. The average Bonchev–Trinajstić information content (AvgIpc) is 2.69. The lowest BCUT2D eigenvalue weighted by Crippen LogP contribution is -2.19. The Morgan fingerprint density at radius 3 is 2.40 bits per heavy atom. The third-order valence-electron chi connectivity index (χ3n) is 2.67. The SMILES string of the molecule is Fc1ccc(C(F)F)c(N2CCCC2)c1. The second-order valence-electron chi connectivity index (χ2n) is 3.70. The van der Waals surface area contributed by atoms with Gasteiger partial charge in [-0.05, 0) is 31.0 Å². The van der Waals surface area contributed by atoms with Crippen LogP contribution in [-0.4, -0.2) is 13.1 Å². The first kappa shape index (κ1) is 10.3. The highest BCUT2D eigenvalue weighted by atomic mass is 19.3. The highest BCUT2D eigenvalue weighted by molar-refractivity contribution is 5.55. The number of alkyl halides is 2. The number of benzene rings is 1. The van der Waals surface area contributed by atoms with Gasteiger partial charge in [0.25, 0.3) is 6.43 Å². The van der Waals surface area contributed by atoms with Crippen LogP contribution in [0.2, 0.25) is 0 Å². The summed E-state index contributed by atoms with van der Waals surface area (Å²) in [6.07, 6.45) is -0.570. The van der Waals surface area contributed by atoms with Crippen molar-refractivity contribution in [3.05, 3.63) is 29.6 Å². The van der Waals surface area contributed by atoms with E-state index < -0.39 is 12.2 Å². The maximum atomic E-state index is 13.0. The van der Waals surface area contributed by atoms with Gasteiger partial charge < -0.3 is 4.90 Å². The fourth-order valence-corrected chi connectivity index (χ4v) is 1.93. The highest BCUT2D eigenvalue weighted by Gasteiger charge is 2.20. The Bertz CT molecular complexity index is 346. The molecular weight excluding hydrogens is 203 g/mol. The van der Waals surface area contributed by atoms with E-state index in [1.54, 1.807) is 0 Å². The van der Waals surface area contributed by atoms with Crippen LogP contribution in [0, 0.1) is 5.82 Å². The van der Waals surface area contributed by atoms with Gasteiger partial charge in [-0.3, -0.25) is 0 Å². The van der Waals surface area contributed by atoms with Crippen LogP contribution in [-0.2, 0) is 0 Å². The molecule has 0 spiro atoms. The van der Waals surface area contributed by atoms with Crippen LogP contribution in [0.5, 0.6) is 0 Å². The molecule has 0 unspecified atom stereocenters. The summed E-state index contributed by atoms with van der Waals surface area (Å²) in [5.41, 5.74) is 0.279. The molecule has 1 aliphatic heterocycles. The summed E-state index contributed by atoms with van der Waals surface area (Å²) in [5.74, 6) is -0.457. The van der Waals surface area contributed by atoms with Gasteiger partial charge in [0, 0.05) is 24.3 Å². The standard InChI is InChI=1S/C11H12F3N/c12-8-3-4-9(11(13)14)10(7-8)15-5-1-2-6-15/h3-4,7,11H,1-2,5-6H2. The highest BCUT2D eigenvalue weighted by Crippen LogP contribution is 2.32. The van der Waals surface area contributed by atoms with Gasteiger partial charge in [-0.1, -0.05) is 0 Å². The van der Waals surface area contributed by atoms with Crippen molar-refractivity contribution >= 4 is 5.69 Å². The van der Waals surface area contributed by atoms with Gasteiger partial charge in [-0.25, -0.2) is 13.2 Å². The van der Waals surface area contributed by atoms with Crippen LogP contribution >= 0.6 is 0 Å². The third kappa shape index (κ3) is 2.08. The van der Waals surface area contributed by atoms with E-state index >= 15 is 0 Å². The quantitative estimate of drug-likeness (QED) is 0.731. The summed E-state index contributed by atoms with van der Waals surface area (Å²) >= 11 is 0. The maximum Gasteiger partial charge on any atom is 0.265 e. The summed E-state index contributed by atoms with van der Waals surface area (Å²) in [6.45, 7) is 1.48. The van der Waals surface area contributed by atoms with E-state index in [9.17, 15) is 13.2 Å². The Labute approximate surface area is 86.5 Å². The molecule has 0 aromatic heterocycles. The zero-order valence-electron chi connectivity index (χ0n) is 8.22. The smallest absolute Gasteiger partial charge is 0.265 e. The summed E-state index contributed by atoms with van der Waals surface area (Å²) in [5, 5.41) is 0. The first-order valence-corrected chi connectivity index (χ1v) is 5.01. The Hall–Kier alpha value is -1.19. The number of halogens is 3. The van der Waals surface area contributed by atoms with Crippen molar-refractivity contribution in [1.82, 2.24) is 0 Å². The molecule has 1 saturated heterocycles. The number of hydrogen-bond donors (Lipinski definition) is 0. The van der Waals surface area contributed by atoms with E-state index in [1.165, 1.54) is 12.1 Å². The predicted molar refractivity (Wildman–Crippen MR) is 52.8 cm³/mol. The van der Waals surface area contributed by atoms with E-state index in [-0.39, 0.29) is 5.56 Å². The summed E-state index contributed by atoms with van der Waals surface area (Å²) < 4.78 is 38.3. The Morgan fingerprint density at radius 1 is 1.13 bits per heavy atom. The minimum Gasteiger partial charge on any atom is -0.371 e. The molecule has 82 valence electrons. The van der Waals surface area contributed by atoms with Crippen molar-refractivity contribution < 1.29 is 13.2 Å². The Balaban J connectivity index is 2.37. The zero-order chi connectivity index (χ0) is 10.8. The van der Waals surface area contributed by atoms with Gasteiger partial charge in [0.15, 0.2) is 0 Å². The Morgan fingerprint density at radius 2 is 1.80 bits per heavy atom. The lowest BCUT2D eigenvalue weighted by Gasteiger charge is -2.21. The van der Waals surface area contributed by atoms with Crippen LogP contribution in [0.1, 0.15) is 24.8 Å². The normalized spacial score (nSPS) is 16.4. The first-order chi connectivity index (χ1) is 7.18. The monoisotopic (exact) mass is 215 g/mol. The lowest BCUT2D eigenvalue weighted by molar-refractivity contribution is 0.151. The third-order valence-corrected chi connectivity index (χ3v) is 2.67. The second-order valence-corrected chi connectivity index (χ2v) is 3.70. The number of hydrogen-bond acceptors (Lipinski definition) is 1. The molecule has 15 heavy (non-hydrogen) atoms. The molecule has 4 heteroatoms. The molecule has 0 aliphatic carbocycles. The predicted octanol–water partition coefficient (Wildman–Crippen LogP) is 3.36. The summed E-state index contributed by atoms with van der Waals surface area (Å²) in [6, 6.07) is 3.46. The fourth-order valence-electron chi connectivity index (χ4n) is 1.93. The van der Waals surface area contributed by atoms with Crippen molar-refractivity contribution in [2.45, 2.75) is 19.3 Å². The van der Waals surface area contributed by atoms with Crippen LogP contribution < -0.4 is 4.90 Å². The molecule has 0 saturated carbocycles. The number of rotatable bonds is 2. The molecule has 1 aromatic carbocycles. The number of anilines is 1. The van der Waals surface area contributed by atoms with Gasteiger partial charge in [-0.2, -0.15) is 0 Å². The average molecular weight is 215 g/mol. The van der Waals surface area contributed by atoms with Crippen LogP contribution in [0.3, 0.4) is 0 Å². The van der Waals surface area contributed by atoms with E-state index in [4.69, 9.17) is 0 Å². The lowest BCUT2D eigenvalue weighted by atomic mass is 10.1. The fraction of sp³-hybridized carbons (Fsp3) is 0.455. The minimum atomic E-state index is -2.54. The number of nitrogens with zero attached hydrogens (tertiary/aromatic N) is 1. The van der Waals surface area contributed by atoms with Crippen molar-refractivity contribution in [2.75, 3.05) is 18.0 Å². The van der Waals surface area contributed by atoms with Crippen LogP contribution in [0.25, 0.3) is 0 Å². The molecule has 1 fully saturated rings. The van der Waals surface area contributed by atoms with Crippen LogP contribution in [0.4, 0.5) is 18.9 Å². The molecular formula is C11H12F3N. The molecule has 2 rings (SSSR count). The molecule has 0 atom stereocenters. The minimum absolute atomic E-state index is 0.0710. The molecule has 1 aromatic rings. The molecule has 1 heterocycles. The molecule has 1 nitrogen and oxygen atoms in total. The molecule has 1 aliphatic rings. The van der Waals surface area contributed by atoms with Crippen LogP contribution in [0.15, 0.2) is 18.2 Å². The van der Waals surface area contributed by atoms with Crippen molar-refractivity contribution in [3.63, 3.8) is 0 Å². The van der Waals surface area contributed by atoms with E-state index in [0.717, 1.165) is 32.0 Å². The van der Waals surface area contributed by atoms with E-state index in [0.29, 0.717) is 5.69 Å². The van der Waals surface area contributed by atoms with Crippen molar-refractivity contribution in [2.24, 2.45) is 0 Å². The van der Waals surface area contributed by atoms with E-state index in [1.807, 2.05) is 4.90 Å². The van der Waals surface area contributed by atoms with Crippen molar-refractivity contribution in [3.8, 4) is 0 Å². The van der Waals surface area contributed by atoms with E-state index in [2.05, 4.69) is 0 Å². The van der Waals surface area contributed by atoms with Gasteiger partial charge in [0.05, 0.1) is 0 Å². The second kappa shape index (κ2) is 4.13. The molecule has 0 amide bonds. The summed E-state index contributed by atoms with van der Waals surface area (Å²) in [7, 11) is 0. The molecule has 0 radical (unpaired) electrons. The largest absolute Gasteiger partial charge is 0.371 e.